The molecule has 0 N–H and O–H groups in total. The van der Waals surface area contributed by atoms with Gasteiger partial charge in [0.1, 0.15) is 24.6 Å². The molecule has 0 radical (unpaired) electrons. The van der Waals surface area contributed by atoms with Gasteiger partial charge in [-0.05, 0) is 56.7 Å². The molecule has 3 aliphatic heterocycles. The van der Waals surface area contributed by atoms with Crippen LogP contribution in [-0.2, 0) is 28.5 Å². The molecule has 192 valence electrons. The van der Waals surface area contributed by atoms with Crippen molar-refractivity contribution in [3.63, 3.8) is 0 Å². The zero-order valence-corrected chi connectivity index (χ0v) is 20.8. The van der Waals surface area contributed by atoms with Crippen LogP contribution in [0.5, 0.6) is 5.75 Å². The maximum Gasteiger partial charge on any atom is 0.306 e. The van der Waals surface area contributed by atoms with Gasteiger partial charge >= 0.3 is 5.97 Å². The average Bonchev–Trinajstić information content (AvgIpc) is 3.37. The van der Waals surface area contributed by atoms with E-state index in [1.165, 1.54) is 0 Å². The molecule has 5 rings (SSSR count). The molecule has 3 heterocycles. The van der Waals surface area contributed by atoms with E-state index in [4.69, 9.17) is 40.0 Å². The van der Waals surface area contributed by atoms with E-state index in [1.807, 2.05) is 24.3 Å². The summed E-state index contributed by atoms with van der Waals surface area (Å²) in [5, 5.41) is 0.624. The van der Waals surface area contributed by atoms with Crippen LogP contribution in [0.2, 0.25) is 5.02 Å². The highest BCUT2D eigenvalue weighted by Gasteiger charge is 2.50. The third-order valence-corrected chi connectivity index (χ3v) is 7.47. The summed E-state index contributed by atoms with van der Waals surface area (Å²) in [5.74, 6) is 0.711. The van der Waals surface area contributed by atoms with Gasteiger partial charge in [0.2, 0.25) is 0 Å². The standard InChI is InChI=1S/C27H35ClO7/c28-18-6-5-7-19(14-18)32-17-20(33-26-8-1-3-12-30-26)10-11-21-22-15-25(29)34-24(22)16-23(21)35-27-9-2-4-13-31-27/h5-7,10-11,14,20-24,26-27H,1-4,8-9,12-13,15-17H2/b11-10+/t20-,21-,22-,23-,24+,26?,27?/m1/s1. The first-order valence-electron chi connectivity index (χ1n) is 12.9. The van der Waals surface area contributed by atoms with Gasteiger partial charge in [-0.3, -0.25) is 4.79 Å². The summed E-state index contributed by atoms with van der Waals surface area (Å²) in [4.78, 5) is 12.0. The molecule has 1 saturated carbocycles. The van der Waals surface area contributed by atoms with Gasteiger partial charge in [-0.1, -0.05) is 29.8 Å². The van der Waals surface area contributed by atoms with Crippen LogP contribution in [0, 0.1) is 11.8 Å². The molecule has 0 spiro atoms. The van der Waals surface area contributed by atoms with Crippen molar-refractivity contribution in [2.45, 2.75) is 82.3 Å². The Morgan fingerprint density at radius 3 is 2.63 bits per heavy atom. The number of hydrogen-bond acceptors (Lipinski definition) is 7. The molecule has 8 heteroatoms. The molecule has 1 aliphatic carbocycles. The fourth-order valence-electron chi connectivity index (χ4n) is 5.46. The van der Waals surface area contributed by atoms with Crippen LogP contribution in [0.25, 0.3) is 0 Å². The van der Waals surface area contributed by atoms with Gasteiger partial charge in [0.05, 0.1) is 12.5 Å². The number of benzene rings is 1. The fraction of sp³-hybridized carbons (Fsp3) is 0.667. The summed E-state index contributed by atoms with van der Waals surface area (Å²) >= 11 is 6.11. The van der Waals surface area contributed by atoms with Crippen molar-refractivity contribution in [1.82, 2.24) is 0 Å². The highest BCUT2D eigenvalue weighted by Crippen LogP contribution is 2.44. The largest absolute Gasteiger partial charge is 0.490 e. The zero-order valence-electron chi connectivity index (χ0n) is 20.0. The molecule has 0 aromatic heterocycles. The highest BCUT2D eigenvalue weighted by molar-refractivity contribution is 6.30. The SMILES string of the molecule is O=C1C[C@@H]2[C@@H](/C=C/[C@H](COc3cccc(Cl)c3)OC3CCCCO3)[C@H](OC3CCCCO3)C[C@@H]2O1. The molecule has 3 saturated heterocycles. The van der Waals surface area contributed by atoms with E-state index < -0.39 is 0 Å². The van der Waals surface area contributed by atoms with Crippen LogP contribution in [-0.4, -0.2) is 56.7 Å². The quantitative estimate of drug-likeness (QED) is 0.343. The van der Waals surface area contributed by atoms with Crippen LogP contribution < -0.4 is 4.74 Å². The van der Waals surface area contributed by atoms with Crippen molar-refractivity contribution in [2.24, 2.45) is 11.8 Å². The Balaban J connectivity index is 1.28. The molecule has 0 bridgehead atoms. The van der Waals surface area contributed by atoms with Crippen molar-refractivity contribution in [1.29, 1.82) is 0 Å². The second-order valence-electron chi connectivity index (χ2n) is 9.80. The number of carbonyl (C=O) groups excluding carboxylic acids is 1. The maximum atomic E-state index is 12.0. The molecular formula is C27H35ClO7. The van der Waals surface area contributed by atoms with Crippen LogP contribution in [0.15, 0.2) is 36.4 Å². The minimum atomic E-state index is -0.319. The van der Waals surface area contributed by atoms with Crippen LogP contribution >= 0.6 is 11.6 Å². The molecule has 2 unspecified atom stereocenters. The van der Waals surface area contributed by atoms with Crippen molar-refractivity contribution in [2.75, 3.05) is 19.8 Å². The van der Waals surface area contributed by atoms with Gasteiger partial charge in [0, 0.05) is 36.5 Å². The lowest BCUT2D eigenvalue weighted by Gasteiger charge is -2.29. The summed E-state index contributed by atoms with van der Waals surface area (Å²) in [7, 11) is 0. The molecule has 7 nitrogen and oxygen atoms in total. The summed E-state index contributed by atoms with van der Waals surface area (Å²) in [6.45, 7) is 1.77. The first-order chi connectivity index (χ1) is 17.1. The van der Waals surface area contributed by atoms with E-state index in [0.29, 0.717) is 36.8 Å². The number of carbonyl (C=O) groups is 1. The number of halogens is 1. The monoisotopic (exact) mass is 506 g/mol. The molecule has 1 aromatic carbocycles. The summed E-state index contributed by atoms with van der Waals surface area (Å²) in [6, 6.07) is 7.34. The van der Waals surface area contributed by atoms with E-state index in [9.17, 15) is 4.79 Å². The van der Waals surface area contributed by atoms with Crippen LogP contribution in [0.1, 0.15) is 51.4 Å². The fourth-order valence-corrected chi connectivity index (χ4v) is 5.64. The Kier molecular flexibility index (Phi) is 8.63. The molecular weight excluding hydrogens is 472 g/mol. The third-order valence-electron chi connectivity index (χ3n) is 7.24. The second kappa shape index (κ2) is 12.1. The number of esters is 1. The molecule has 35 heavy (non-hydrogen) atoms. The smallest absolute Gasteiger partial charge is 0.306 e. The molecule has 0 amide bonds. The molecule has 4 aliphatic rings. The Morgan fingerprint density at radius 2 is 1.89 bits per heavy atom. The van der Waals surface area contributed by atoms with E-state index in [2.05, 4.69) is 6.08 Å². The van der Waals surface area contributed by atoms with Gasteiger partial charge in [-0.25, -0.2) is 0 Å². The summed E-state index contributed by atoms with van der Waals surface area (Å²) < 4.78 is 35.9. The highest BCUT2D eigenvalue weighted by atomic mass is 35.5. The Hall–Kier alpha value is -1.64. The van der Waals surface area contributed by atoms with Crippen LogP contribution in [0.3, 0.4) is 0 Å². The van der Waals surface area contributed by atoms with Gasteiger partial charge in [-0.2, -0.15) is 0 Å². The lowest BCUT2D eigenvalue weighted by Crippen LogP contribution is -2.32. The van der Waals surface area contributed by atoms with E-state index in [-0.39, 0.29) is 48.7 Å². The van der Waals surface area contributed by atoms with Gasteiger partial charge in [-0.15, -0.1) is 0 Å². The van der Waals surface area contributed by atoms with Crippen molar-refractivity contribution in [3.8, 4) is 5.75 Å². The summed E-state index contributed by atoms with van der Waals surface area (Å²) in [6.07, 6.45) is 10.5. The lowest BCUT2D eigenvalue weighted by molar-refractivity contribution is -0.194. The maximum absolute atomic E-state index is 12.0. The van der Waals surface area contributed by atoms with Gasteiger partial charge < -0.3 is 28.4 Å². The number of fused-ring (bicyclic) bond motifs is 1. The molecule has 4 fully saturated rings. The number of ether oxygens (including phenoxy) is 6. The Labute approximate surface area is 212 Å². The minimum absolute atomic E-state index is 0.0431. The number of rotatable bonds is 9. The number of hydrogen-bond donors (Lipinski definition) is 0. The normalized spacial score (nSPS) is 34.0. The zero-order chi connectivity index (χ0) is 24.0. The van der Waals surface area contributed by atoms with Crippen molar-refractivity contribution < 1.29 is 33.2 Å². The average molecular weight is 507 g/mol. The second-order valence-corrected chi connectivity index (χ2v) is 10.2. The third kappa shape index (κ3) is 6.77. The first-order valence-corrected chi connectivity index (χ1v) is 13.3. The molecule has 1 aromatic rings. The predicted octanol–water partition coefficient (Wildman–Crippen LogP) is 5.05. The Morgan fingerprint density at radius 1 is 1.09 bits per heavy atom. The van der Waals surface area contributed by atoms with E-state index >= 15 is 0 Å². The van der Waals surface area contributed by atoms with Crippen LogP contribution in [0.4, 0.5) is 0 Å². The van der Waals surface area contributed by atoms with Gasteiger partial charge in [0.25, 0.3) is 0 Å². The minimum Gasteiger partial charge on any atom is -0.490 e. The predicted molar refractivity (Wildman–Crippen MR) is 129 cm³/mol. The topological polar surface area (TPSA) is 72.5 Å². The first kappa shape index (κ1) is 25.0. The van der Waals surface area contributed by atoms with E-state index in [0.717, 1.165) is 45.1 Å². The van der Waals surface area contributed by atoms with Gasteiger partial charge in [0.15, 0.2) is 12.6 Å². The van der Waals surface area contributed by atoms with E-state index in [1.54, 1.807) is 6.07 Å². The molecule has 7 atom stereocenters. The lowest BCUT2D eigenvalue weighted by atomic mass is 9.91. The summed E-state index contributed by atoms with van der Waals surface area (Å²) in [5.41, 5.74) is 0. The van der Waals surface area contributed by atoms with Crippen molar-refractivity contribution >= 4 is 17.6 Å². The Bertz CT molecular complexity index is 865. The van der Waals surface area contributed by atoms with Crippen molar-refractivity contribution in [3.05, 3.63) is 41.4 Å².